The van der Waals surface area contributed by atoms with Crippen LogP contribution in [0.5, 0.6) is 0 Å². The van der Waals surface area contributed by atoms with Crippen molar-refractivity contribution in [2.45, 2.75) is 31.8 Å². The SMILES string of the molecule is CC(=O)OC1=CC(c2ccccc2)C(O)C(OCCN2CCCC2)=C1. The van der Waals surface area contributed by atoms with Gasteiger partial charge >= 0.3 is 5.97 Å². The molecule has 1 aliphatic carbocycles. The van der Waals surface area contributed by atoms with E-state index in [1.54, 1.807) is 12.2 Å². The number of hydrogen-bond acceptors (Lipinski definition) is 5. The van der Waals surface area contributed by atoms with Gasteiger partial charge in [-0.2, -0.15) is 0 Å². The van der Waals surface area contributed by atoms with E-state index in [1.165, 1.54) is 19.8 Å². The van der Waals surface area contributed by atoms with E-state index in [-0.39, 0.29) is 11.9 Å². The second-order valence-electron chi connectivity index (χ2n) is 6.49. The van der Waals surface area contributed by atoms with E-state index in [0.717, 1.165) is 25.2 Å². The monoisotopic (exact) mass is 343 g/mol. The number of carbonyl (C=O) groups excluding carboxylic acids is 1. The Morgan fingerprint density at radius 3 is 2.64 bits per heavy atom. The topological polar surface area (TPSA) is 59.0 Å². The fourth-order valence-electron chi connectivity index (χ4n) is 3.33. The Hall–Kier alpha value is -2.11. The Kier molecular flexibility index (Phi) is 5.89. The maximum absolute atomic E-state index is 11.3. The molecule has 1 fully saturated rings. The lowest BCUT2D eigenvalue weighted by Crippen LogP contribution is -2.28. The quantitative estimate of drug-likeness (QED) is 0.805. The zero-order chi connectivity index (χ0) is 17.6. The molecule has 3 rings (SSSR count). The van der Waals surface area contributed by atoms with Gasteiger partial charge in [-0.05, 0) is 37.6 Å². The minimum absolute atomic E-state index is 0.303. The van der Waals surface area contributed by atoms with Gasteiger partial charge in [-0.15, -0.1) is 0 Å². The predicted octanol–water partition coefficient (Wildman–Crippen LogP) is 2.59. The summed E-state index contributed by atoms with van der Waals surface area (Å²) in [5.74, 6) is 0.180. The number of aliphatic hydroxyl groups excluding tert-OH is 1. The van der Waals surface area contributed by atoms with Crippen LogP contribution in [0.1, 0.15) is 31.2 Å². The first-order chi connectivity index (χ1) is 12.1. The first-order valence-corrected chi connectivity index (χ1v) is 8.83. The summed E-state index contributed by atoms with van der Waals surface area (Å²) in [5.41, 5.74) is 0.952. The standard InChI is InChI=1S/C20H25NO4/c1-15(22)25-17-13-18(16-7-3-2-4-8-16)20(23)19(14-17)24-12-11-21-9-5-6-10-21/h2-4,7-8,13-14,18,20,23H,5-6,9-12H2,1H3. The summed E-state index contributed by atoms with van der Waals surface area (Å²) >= 11 is 0. The minimum atomic E-state index is -0.791. The number of hydrogen-bond donors (Lipinski definition) is 1. The van der Waals surface area contributed by atoms with Crippen molar-refractivity contribution in [3.63, 3.8) is 0 Å². The molecule has 0 amide bonds. The highest BCUT2D eigenvalue weighted by Crippen LogP contribution is 2.32. The van der Waals surface area contributed by atoms with Crippen molar-refractivity contribution in [2.24, 2.45) is 0 Å². The van der Waals surface area contributed by atoms with E-state index in [2.05, 4.69) is 4.90 Å². The summed E-state index contributed by atoms with van der Waals surface area (Å²) in [4.78, 5) is 13.7. The number of likely N-dealkylation sites (tertiary alicyclic amines) is 1. The molecule has 2 aliphatic rings. The van der Waals surface area contributed by atoms with Crippen LogP contribution in [0, 0.1) is 0 Å². The van der Waals surface area contributed by atoms with Gasteiger partial charge in [0.2, 0.25) is 0 Å². The molecule has 1 aliphatic heterocycles. The molecule has 0 radical (unpaired) electrons. The van der Waals surface area contributed by atoms with Crippen LogP contribution in [0.3, 0.4) is 0 Å². The average Bonchev–Trinajstić information content (AvgIpc) is 3.11. The highest BCUT2D eigenvalue weighted by molar-refractivity contribution is 5.68. The molecule has 134 valence electrons. The second-order valence-corrected chi connectivity index (χ2v) is 6.49. The molecule has 1 heterocycles. The number of esters is 1. The van der Waals surface area contributed by atoms with Gasteiger partial charge in [0.25, 0.3) is 0 Å². The molecule has 25 heavy (non-hydrogen) atoms. The molecule has 2 atom stereocenters. The normalized spacial score (nSPS) is 23.8. The average molecular weight is 343 g/mol. The van der Waals surface area contributed by atoms with Crippen LogP contribution in [0.25, 0.3) is 0 Å². The number of ether oxygens (including phenoxy) is 2. The van der Waals surface area contributed by atoms with Gasteiger partial charge in [-0.25, -0.2) is 0 Å². The number of carbonyl (C=O) groups is 1. The van der Waals surface area contributed by atoms with Crippen molar-refractivity contribution in [3.8, 4) is 0 Å². The Bertz CT molecular complexity index is 647. The van der Waals surface area contributed by atoms with E-state index >= 15 is 0 Å². The van der Waals surface area contributed by atoms with Gasteiger partial charge in [0.05, 0.1) is 0 Å². The lowest BCUT2D eigenvalue weighted by Gasteiger charge is -2.28. The number of nitrogens with zero attached hydrogens (tertiary/aromatic N) is 1. The Balaban J connectivity index is 1.71. The van der Waals surface area contributed by atoms with E-state index in [0.29, 0.717) is 18.1 Å². The van der Waals surface area contributed by atoms with Gasteiger partial charge < -0.3 is 14.6 Å². The van der Waals surface area contributed by atoms with Crippen molar-refractivity contribution in [1.29, 1.82) is 0 Å². The summed E-state index contributed by atoms with van der Waals surface area (Å²) in [5, 5.41) is 10.7. The highest BCUT2D eigenvalue weighted by atomic mass is 16.5. The Morgan fingerprint density at radius 1 is 1.24 bits per heavy atom. The van der Waals surface area contributed by atoms with Crippen molar-refractivity contribution in [1.82, 2.24) is 4.90 Å². The Morgan fingerprint density at radius 2 is 1.96 bits per heavy atom. The second kappa shape index (κ2) is 8.32. The number of rotatable bonds is 6. The molecular formula is C20H25NO4. The molecule has 5 nitrogen and oxygen atoms in total. The summed E-state index contributed by atoms with van der Waals surface area (Å²) in [7, 11) is 0. The van der Waals surface area contributed by atoms with E-state index < -0.39 is 6.10 Å². The number of benzene rings is 1. The third-order valence-corrected chi connectivity index (χ3v) is 4.58. The van der Waals surface area contributed by atoms with E-state index in [9.17, 15) is 9.90 Å². The van der Waals surface area contributed by atoms with Crippen LogP contribution in [0.4, 0.5) is 0 Å². The molecule has 1 aromatic carbocycles. The van der Waals surface area contributed by atoms with Gasteiger partial charge in [-0.3, -0.25) is 9.69 Å². The van der Waals surface area contributed by atoms with Crippen LogP contribution in [0.15, 0.2) is 54.0 Å². The molecule has 0 bridgehead atoms. The molecule has 2 unspecified atom stereocenters. The molecular weight excluding hydrogens is 318 g/mol. The third kappa shape index (κ3) is 4.71. The molecule has 1 N–H and O–H groups in total. The molecule has 1 saturated heterocycles. The van der Waals surface area contributed by atoms with Crippen molar-refractivity contribution < 1.29 is 19.4 Å². The molecule has 0 spiro atoms. The highest BCUT2D eigenvalue weighted by Gasteiger charge is 2.29. The van der Waals surface area contributed by atoms with Gasteiger partial charge in [0, 0.05) is 25.5 Å². The number of allylic oxidation sites excluding steroid dienone is 1. The summed E-state index contributed by atoms with van der Waals surface area (Å²) in [6.45, 7) is 4.93. The van der Waals surface area contributed by atoms with Crippen LogP contribution < -0.4 is 0 Å². The van der Waals surface area contributed by atoms with Crippen LogP contribution in [-0.4, -0.2) is 48.3 Å². The molecule has 0 aromatic heterocycles. The largest absolute Gasteiger partial charge is 0.494 e. The van der Waals surface area contributed by atoms with E-state index in [4.69, 9.17) is 9.47 Å². The fourth-order valence-corrected chi connectivity index (χ4v) is 3.33. The maximum Gasteiger partial charge on any atom is 0.308 e. The lowest BCUT2D eigenvalue weighted by molar-refractivity contribution is -0.136. The van der Waals surface area contributed by atoms with Crippen molar-refractivity contribution in [3.05, 3.63) is 59.6 Å². The minimum Gasteiger partial charge on any atom is -0.494 e. The summed E-state index contributed by atoms with van der Waals surface area (Å²) < 4.78 is 11.1. The summed E-state index contributed by atoms with van der Waals surface area (Å²) in [6.07, 6.45) is 5.08. The number of aliphatic hydroxyl groups is 1. The zero-order valence-corrected chi connectivity index (χ0v) is 14.6. The van der Waals surface area contributed by atoms with Crippen LogP contribution in [0.2, 0.25) is 0 Å². The molecule has 5 heteroatoms. The lowest BCUT2D eigenvalue weighted by atomic mass is 9.88. The molecule has 1 aromatic rings. The van der Waals surface area contributed by atoms with Gasteiger partial charge in [0.15, 0.2) is 0 Å². The first-order valence-electron chi connectivity index (χ1n) is 8.83. The smallest absolute Gasteiger partial charge is 0.308 e. The Labute approximate surface area is 148 Å². The zero-order valence-electron chi connectivity index (χ0n) is 14.6. The van der Waals surface area contributed by atoms with Gasteiger partial charge in [-0.1, -0.05) is 30.3 Å². The van der Waals surface area contributed by atoms with E-state index in [1.807, 2.05) is 30.3 Å². The van der Waals surface area contributed by atoms with Gasteiger partial charge in [0.1, 0.15) is 24.2 Å². The maximum atomic E-state index is 11.3. The molecule has 0 saturated carbocycles. The summed E-state index contributed by atoms with van der Waals surface area (Å²) in [6, 6.07) is 9.67. The predicted molar refractivity (Wildman–Crippen MR) is 94.7 cm³/mol. The first kappa shape index (κ1) is 17.7. The third-order valence-electron chi connectivity index (χ3n) is 4.58. The van der Waals surface area contributed by atoms with Crippen LogP contribution >= 0.6 is 0 Å². The fraction of sp³-hybridized carbons (Fsp3) is 0.450. The van der Waals surface area contributed by atoms with Crippen molar-refractivity contribution >= 4 is 5.97 Å². The van der Waals surface area contributed by atoms with Crippen LogP contribution in [-0.2, 0) is 14.3 Å². The van der Waals surface area contributed by atoms with Crippen molar-refractivity contribution in [2.75, 3.05) is 26.2 Å².